The first-order chi connectivity index (χ1) is 6.22. The molecule has 0 aromatic carbocycles. The van der Waals surface area contributed by atoms with Crippen molar-refractivity contribution in [3.05, 3.63) is 0 Å². The second-order valence-electron chi connectivity index (χ2n) is 4.80. The van der Waals surface area contributed by atoms with Crippen molar-refractivity contribution < 1.29 is 9.59 Å². The van der Waals surface area contributed by atoms with E-state index in [0.717, 1.165) is 0 Å². The average molecular weight is 200 g/mol. The van der Waals surface area contributed by atoms with Crippen LogP contribution in [0.25, 0.3) is 0 Å². The quantitative estimate of drug-likeness (QED) is 0.726. The number of rotatable bonds is 3. The third-order valence-corrected chi connectivity index (χ3v) is 1.63. The number of hydrogen-bond acceptors (Lipinski definition) is 2. The molecule has 4 nitrogen and oxygen atoms in total. The van der Waals surface area contributed by atoms with Gasteiger partial charge in [-0.15, -0.1) is 0 Å². The van der Waals surface area contributed by atoms with Crippen LogP contribution in [0.1, 0.15) is 27.2 Å². The van der Waals surface area contributed by atoms with Gasteiger partial charge in [-0.3, -0.25) is 9.59 Å². The van der Waals surface area contributed by atoms with Crippen molar-refractivity contribution in [1.29, 1.82) is 0 Å². The number of carbonyl (C=O) groups is 2. The molecule has 0 aromatic rings. The van der Waals surface area contributed by atoms with Crippen LogP contribution in [0.2, 0.25) is 0 Å². The van der Waals surface area contributed by atoms with Crippen LogP contribution in [0, 0.1) is 5.41 Å². The van der Waals surface area contributed by atoms with Gasteiger partial charge in [0.1, 0.15) is 0 Å². The first kappa shape index (κ1) is 12.9. The monoisotopic (exact) mass is 200 g/mol. The summed E-state index contributed by atoms with van der Waals surface area (Å²) in [4.78, 5) is 23.9. The Hall–Kier alpha value is -1.06. The molecule has 0 atom stereocenters. The van der Waals surface area contributed by atoms with E-state index < -0.39 is 0 Å². The first-order valence-corrected chi connectivity index (χ1v) is 4.69. The molecular formula is C10H20N2O2. The van der Waals surface area contributed by atoms with E-state index in [4.69, 9.17) is 0 Å². The topological polar surface area (TPSA) is 49.4 Å². The predicted molar refractivity (Wildman–Crippen MR) is 55.8 cm³/mol. The number of carbonyl (C=O) groups excluding carboxylic acids is 2. The number of amides is 2. The van der Waals surface area contributed by atoms with Crippen LogP contribution < -0.4 is 5.32 Å². The van der Waals surface area contributed by atoms with Crippen LogP contribution in [-0.4, -0.2) is 37.4 Å². The summed E-state index contributed by atoms with van der Waals surface area (Å²) < 4.78 is 0. The Balaban J connectivity index is 3.81. The minimum atomic E-state index is -0.0905. The maximum absolute atomic E-state index is 11.3. The highest BCUT2D eigenvalue weighted by atomic mass is 16.2. The van der Waals surface area contributed by atoms with Gasteiger partial charge in [-0.25, -0.2) is 0 Å². The van der Waals surface area contributed by atoms with Gasteiger partial charge in [0.2, 0.25) is 11.8 Å². The van der Waals surface area contributed by atoms with Crippen molar-refractivity contribution >= 4 is 11.8 Å². The third-order valence-electron chi connectivity index (χ3n) is 1.63. The standard InChI is InChI=1S/C10H20N2O2/c1-10(2,3)6-8(13)11-7-9(14)12(4)5/h6-7H2,1-5H3,(H,11,13). The molecule has 0 aliphatic heterocycles. The summed E-state index contributed by atoms with van der Waals surface area (Å²) >= 11 is 0. The van der Waals surface area contributed by atoms with Crippen LogP contribution in [-0.2, 0) is 9.59 Å². The highest BCUT2D eigenvalue weighted by molar-refractivity contribution is 5.84. The van der Waals surface area contributed by atoms with Crippen LogP contribution in [0.3, 0.4) is 0 Å². The molecule has 14 heavy (non-hydrogen) atoms. The van der Waals surface area contributed by atoms with E-state index in [-0.39, 0.29) is 23.8 Å². The lowest BCUT2D eigenvalue weighted by molar-refractivity contribution is -0.131. The maximum atomic E-state index is 11.3. The predicted octanol–water partition coefficient (Wildman–Crippen LogP) is 0.627. The fraction of sp³-hybridized carbons (Fsp3) is 0.800. The highest BCUT2D eigenvalue weighted by Gasteiger charge is 2.16. The van der Waals surface area contributed by atoms with Crippen molar-refractivity contribution in [3.63, 3.8) is 0 Å². The Labute approximate surface area is 85.7 Å². The summed E-state index contributed by atoms with van der Waals surface area (Å²) in [5.74, 6) is -0.167. The van der Waals surface area contributed by atoms with Gasteiger partial charge in [-0.05, 0) is 5.41 Å². The van der Waals surface area contributed by atoms with Gasteiger partial charge in [-0.1, -0.05) is 20.8 Å². The van der Waals surface area contributed by atoms with Gasteiger partial charge in [0.05, 0.1) is 6.54 Å². The van der Waals surface area contributed by atoms with Crippen molar-refractivity contribution in [2.45, 2.75) is 27.2 Å². The summed E-state index contributed by atoms with van der Waals surface area (Å²) in [7, 11) is 3.33. The number of nitrogens with zero attached hydrogens (tertiary/aromatic N) is 1. The highest BCUT2D eigenvalue weighted by Crippen LogP contribution is 2.17. The molecule has 0 aliphatic rings. The van der Waals surface area contributed by atoms with E-state index in [1.54, 1.807) is 14.1 Å². The van der Waals surface area contributed by atoms with Crippen LogP contribution >= 0.6 is 0 Å². The van der Waals surface area contributed by atoms with Gasteiger partial charge in [-0.2, -0.15) is 0 Å². The second-order valence-corrected chi connectivity index (χ2v) is 4.80. The maximum Gasteiger partial charge on any atom is 0.241 e. The Kier molecular flexibility index (Phi) is 4.60. The normalized spacial score (nSPS) is 10.9. The SMILES string of the molecule is CN(C)C(=O)CNC(=O)CC(C)(C)C. The lowest BCUT2D eigenvalue weighted by Gasteiger charge is -2.17. The molecule has 82 valence electrons. The summed E-state index contributed by atoms with van der Waals surface area (Å²) in [5, 5.41) is 2.59. The van der Waals surface area contributed by atoms with Gasteiger partial charge >= 0.3 is 0 Å². The van der Waals surface area contributed by atoms with Gasteiger partial charge in [0.25, 0.3) is 0 Å². The molecule has 4 heteroatoms. The molecule has 0 aromatic heterocycles. The molecule has 1 N–H and O–H groups in total. The molecule has 0 bridgehead atoms. The summed E-state index contributed by atoms with van der Waals surface area (Å²) in [6, 6.07) is 0. The molecule has 0 saturated carbocycles. The Morgan fingerprint density at radius 2 is 1.71 bits per heavy atom. The molecule has 0 aliphatic carbocycles. The molecule has 0 spiro atoms. The molecule has 0 fully saturated rings. The van der Waals surface area contributed by atoms with Crippen molar-refractivity contribution in [2.24, 2.45) is 5.41 Å². The van der Waals surface area contributed by atoms with E-state index in [0.29, 0.717) is 6.42 Å². The van der Waals surface area contributed by atoms with E-state index in [9.17, 15) is 9.59 Å². The van der Waals surface area contributed by atoms with Crippen molar-refractivity contribution in [1.82, 2.24) is 10.2 Å². The zero-order chi connectivity index (χ0) is 11.4. The molecule has 0 unspecified atom stereocenters. The fourth-order valence-electron chi connectivity index (χ4n) is 0.876. The second kappa shape index (κ2) is 4.98. The number of hydrogen-bond donors (Lipinski definition) is 1. The zero-order valence-electron chi connectivity index (χ0n) is 9.68. The minimum Gasteiger partial charge on any atom is -0.347 e. The van der Waals surface area contributed by atoms with Crippen molar-refractivity contribution in [2.75, 3.05) is 20.6 Å². The molecule has 0 radical (unpaired) electrons. The average Bonchev–Trinajstić information content (AvgIpc) is 1.96. The van der Waals surface area contributed by atoms with Gasteiger partial charge in [0.15, 0.2) is 0 Å². The largest absolute Gasteiger partial charge is 0.347 e. The van der Waals surface area contributed by atoms with Crippen LogP contribution in [0.5, 0.6) is 0 Å². The molecule has 0 rings (SSSR count). The van der Waals surface area contributed by atoms with Crippen LogP contribution in [0.15, 0.2) is 0 Å². The third kappa shape index (κ3) is 6.46. The van der Waals surface area contributed by atoms with Gasteiger partial charge in [0, 0.05) is 20.5 Å². The Morgan fingerprint density at radius 3 is 2.07 bits per heavy atom. The number of nitrogens with one attached hydrogen (secondary N) is 1. The summed E-state index contributed by atoms with van der Waals surface area (Å²) in [6.45, 7) is 6.04. The van der Waals surface area contributed by atoms with E-state index in [1.165, 1.54) is 4.90 Å². The van der Waals surface area contributed by atoms with E-state index in [1.807, 2.05) is 20.8 Å². The molecule has 2 amide bonds. The van der Waals surface area contributed by atoms with E-state index in [2.05, 4.69) is 5.32 Å². The summed E-state index contributed by atoms with van der Waals surface area (Å²) in [5.41, 5.74) is -0.0365. The smallest absolute Gasteiger partial charge is 0.241 e. The first-order valence-electron chi connectivity index (χ1n) is 4.69. The lowest BCUT2D eigenvalue weighted by Crippen LogP contribution is -2.37. The fourth-order valence-corrected chi connectivity index (χ4v) is 0.876. The lowest BCUT2D eigenvalue weighted by atomic mass is 9.92. The molecule has 0 heterocycles. The Bertz CT molecular complexity index is 217. The van der Waals surface area contributed by atoms with Gasteiger partial charge < -0.3 is 10.2 Å². The van der Waals surface area contributed by atoms with Crippen molar-refractivity contribution in [3.8, 4) is 0 Å². The molecule has 0 saturated heterocycles. The van der Waals surface area contributed by atoms with E-state index >= 15 is 0 Å². The minimum absolute atomic E-state index is 0.0365. The van der Waals surface area contributed by atoms with Crippen LogP contribution in [0.4, 0.5) is 0 Å². The number of likely N-dealkylation sites (N-methyl/N-ethyl adjacent to an activating group) is 1. The zero-order valence-corrected chi connectivity index (χ0v) is 9.68. The molecular weight excluding hydrogens is 180 g/mol. The summed E-state index contributed by atoms with van der Waals surface area (Å²) in [6.07, 6.45) is 0.438. The Morgan fingerprint density at radius 1 is 1.21 bits per heavy atom.